The third kappa shape index (κ3) is 5.25. The summed E-state index contributed by atoms with van der Waals surface area (Å²) in [6.07, 6.45) is 1.63. The Hall–Kier alpha value is -2.54. The first kappa shape index (κ1) is 20.2. The Balaban J connectivity index is 1.45. The van der Waals surface area contributed by atoms with Crippen LogP contribution in [-0.2, 0) is 6.54 Å². The van der Waals surface area contributed by atoms with Crippen LogP contribution in [0.1, 0.15) is 18.2 Å². The second-order valence-electron chi connectivity index (χ2n) is 7.09. The quantitative estimate of drug-likeness (QED) is 0.583. The zero-order chi connectivity index (χ0) is 19.8. The average molecular weight is 385 g/mol. The van der Waals surface area contributed by atoms with Crippen LogP contribution in [0, 0.1) is 6.92 Å². The van der Waals surface area contributed by atoms with Gasteiger partial charge < -0.3 is 19.6 Å². The number of hydrogen-bond acceptors (Lipinski definition) is 5. The molecule has 1 aliphatic heterocycles. The van der Waals surface area contributed by atoms with E-state index in [1.54, 1.807) is 6.26 Å². The maximum absolute atomic E-state index is 4.92. The summed E-state index contributed by atoms with van der Waals surface area (Å²) in [6, 6.07) is 10.5. The van der Waals surface area contributed by atoms with Gasteiger partial charge in [0.1, 0.15) is 6.26 Å². The van der Waals surface area contributed by atoms with Crippen LogP contribution in [0.25, 0.3) is 0 Å². The van der Waals surface area contributed by atoms with Crippen molar-refractivity contribution in [3.05, 3.63) is 47.9 Å². The Morgan fingerprint density at radius 2 is 2.00 bits per heavy atom. The number of aromatic nitrogens is 1. The molecule has 2 aromatic rings. The third-order valence-corrected chi connectivity index (χ3v) is 5.26. The Morgan fingerprint density at radius 3 is 2.64 bits per heavy atom. The van der Waals surface area contributed by atoms with E-state index < -0.39 is 0 Å². The normalized spacial score (nSPS) is 15.7. The van der Waals surface area contributed by atoms with Crippen LogP contribution in [0.3, 0.4) is 0 Å². The van der Waals surface area contributed by atoms with E-state index in [0.717, 1.165) is 64.0 Å². The molecule has 1 N–H and O–H groups in total. The van der Waals surface area contributed by atoms with Gasteiger partial charge in [-0.25, -0.2) is 0 Å². The maximum atomic E-state index is 4.92. The minimum absolute atomic E-state index is 0.845. The summed E-state index contributed by atoms with van der Waals surface area (Å²) in [5.74, 6) is 0.988. The Bertz CT molecular complexity index is 737. The number of benzene rings is 1. The summed E-state index contributed by atoms with van der Waals surface area (Å²) >= 11 is 0. The fourth-order valence-electron chi connectivity index (χ4n) is 3.67. The molecule has 1 aromatic heterocycles. The van der Waals surface area contributed by atoms with E-state index >= 15 is 0 Å². The Labute approximate surface area is 168 Å². The van der Waals surface area contributed by atoms with Crippen LogP contribution < -0.4 is 10.2 Å². The van der Waals surface area contributed by atoms with Crippen molar-refractivity contribution in [2.75, 3.05) is 57.8 Å². The first-order valence-corrected chi connectivity index (χ1v) is 10.1. The zero-order valence-electron chi connectivity index (χ0n) is 17.3. The van der Waals surface area contributed by atoms with Crippen LogP contribution in [0.2, 0.25) is 0 Å². The highest BCUT2D eigenvalue weighted by molar-refractivity contribution is 5.80. The number of nitrogens with one attached hydrogen (secondary N) is 1. The number of likely N-dealkylation sites (N-methyl/N-ethyl adjacent to an activating group) is 1. The molecule has 1 aliphatic rings. The molecule has 3 rings (SSSR count). The SMILES string of the molecule is CCN(CCNC(=NC)N1CCN(Cc2ccon2)CC1)c1ccccc1C. The van der Waals surface area contributed by atoms with Crippen molar-refractivity contribution in [1.82, 2.24) is 20.3 Å². The molecule has 1 saturated heterocycles. The number of para-hydroxylation sites is 1. The molecule has 0 amide bonds. The monoisotopic (exact) mass is 384 g/mol. The zero-order valence-corrected chi connectivity index (χ0v) is 17.3. The largest absolute Gasteiger partial charge is 0.370 e. The number of aryl methyl sites for hydroxylation is 1. The standard InChI is InChI=1S/C21H32N6O/c1-4-26(20-8-6-5-7-18(20)2)11-10-23-21(22-3)27-14-12-25(13-15-27)17-19-9-16-28-24-19/h5-9,16H,4,10-15,17H2,1-3H3,(H,22,23). The van der Waals surface area contributed by atoms with Gasteiger partial charge in [0.15, 0.2) is 5.96 Å². The predicted octanol–water partition coefficient (Wildman–Crippen LogP) is 2.20. The van der Waals surface area contributed by atoms with Gasteiger partial charge in [-0.2, -0.15) is 0 Å². The van der Waals surface area contributed by atoms with Crippen LogP contribution in [0.5, 0.6) is 0 Å². The molecular weight excluding hydrogens is 352 g/mol. The predicted molar refractivity (Wildman–Crippen MR) is 114 cm³/mol. The van der Waals surface area contributed by atoms with Crippen molar-refractivity contribution >= 4 is 11.6 Å². The lowest BCUT2D eigenvalue weighted by Crippen LogP contribution is -2.53. The molecule has 0 bridgehead atoms. The van der Waals surface area contributed by atoms with Crippen LogP contribution >= 0.6 is 0 Å². The van der Waals surface area contributed by atoms with Gasteiger partial charge in [-0.15, -0.1) is 0 Å². The number of guanidine groups is 1. The molecule has 0 saturated carbocycles. The Kier molecular flexibility index (Phi) is 7.31. The fourth-order valence-corrected chi connectivity index (χ4v) is 3.67. The Morgan fingerprint density at radius 1 is 1.21 bits per heavy atom. The number of nitrogens with zero attached hydrogens (tertiary/aromatic N) is 5. The highest BCUT2D eigenvalue weighted by Gasteiger charge is 2.20. The number of hydrogen-bond donors (Lipinski definition) is 1. The number of piperazine rings is 1. The molecule has 0 aliphatic carbocycles. The molecule has 28 heavy (non-hydrogen) atoms. The number of rotatable bonds is 7. The van der Waals surface area contributed by atoms with Gasteiger partial charge in [0.2, 0.25) is 0 Å². The molecule has 1 fully saturated rings. The number of anilines is 1. The van der Waals surface area contributed by atoms with Crippen molar-refractivity contribution in [2.24, 2.45) is 4.99 Å². The lowest BCUT2D eigenvalue weighted by Gasteiger charge is -2.36. The van der Waals surface area contributed by atoms with E-state index in [9.17, 15) is 0 Å². The summed E-state index contributed by atoms with van der Waals surface area (Å²) in [5.41, 5.74) is 3.62. The molecule has 1 aromatic carbocycles. The van der Waals surface area contributed by atoms with E-state index in [1.165, 1.54) is 11.3 Å². The molecule has 0 spiro atoms. The topological polar surface area (TPSA) is 60.1 Å². The lowest BCUT2D eigenvalue weighted by atomic mass is 10.2. The van der Waals surface area contributed by atoms with E-state index in [4.69, 9.17) is 4.52 Å². The average Bonchev–Trinajstić information content (AvgIpc) is 3.23. The summed E-state index contributed by atoms with van der Waals surface area (Å²) < 4.78 is 4.92. The smallest absolute Gasteiger partial charge is 0.193 e. The molecule has 0 radical (unpaired) electrons. The first-order chi connectivity index (χ1) is 13.7. The summed E-state index contributed by atoms with van der Waals surface area (Å²) in [7, 11) is 1.86. The van der Waals surface area contributed by atoms with Gasteiger partial charge in [-0.3, -0.25) is 9.89 Å². The molecule has 7 heteroatoms. The second kappa shape index (κ2) is 10.1. The highest BCUT2D eigenvalue weighted by Crippen LogP contribution is 2.18. The molecular formula is C21H32N6O. The molecule has 0 unspecified atom stereocenters. The lowest BCUT2D eigenvalue weighted by molar-refractivity contribution is 0.169. The molecule has 0 atom stereocenters. The van der Waals surface area contributed by atoms with Gasteiger partial charge >= 0.3 is 0 Å². The van der Waals surface area contributed by atoms with E-state index in [-0.39, 0.29) is 0 Å². The van der Waals surface area contributed by atoms with Gasteiger partial charge in [-0.1, -0.05) is 23.4 Å². The van der Waals surface area contributed by atoms with Crippen molar-refractivity contribution < 1.29 is 4.52 Å². The summed E-state index contributed by atoms with van der Waals surface area (Å²) in [5, 5.41) is 7.55. The van der Waals surface area contributed by atoms with Crippen LogP contribution in [0.15, 0.2) is 46.1 Å². The number of aliphatic imine (C=N–C) groups is 1. The molecule has 2 heterocycles. The summed E-state index contributed by atoms with van der Waals surface area (Å²) in [6.45, 7) is 12.0. The van der Waals surface area contributed by atoms with E-state index in [1.807, 2.05) is 13.1 Å². The highest BCUT2D eigenvalue weighted by atomic mass is 16.5. The van der Waals surface area contributed by atoms with Gasteiger partial charge in [0.25, 0.3) is 0 Å². The van der Waals surface area contributed by atoms with Crippen LogP contribution in [-0.4, -0.2) is 73.8 Å². The minimum Gasteiger partial charge on any atom is -0.370 e. The van der Waals surface area contributed by atoms with Gasteiger partial charge in [0.05, 0.1) is 5.69 Å². The van der Waals surface area contributed by atoms with Gasteiger partial charge in [-0.05, 0) is 25.5 Å². The van der Waals surface area contributed by atoms with Crippen molar-refractivity contribution in [2.45, 2.75) is 20.4 Å². The third-order valence-electron chi connectivity index (χ3n) is 5.26. The molecule has 152 valence electrons. The fraction of sp³-hybridized carbons (Fsp3) is 0.524. The van der Waals surface area contributed by atoms with Gasteiger partial charge in [0, 0.05) is 71.2 Å². The van der Waals surface area contributed by atoms with E-state index in [2.05, 4.69) is 68.3 Å². The van der Waals surface area contributed by atoms with Crippen molar-refractivity contribution in [1.29, 1.82) is 0 Å². The first-order valence-electron chi connectivity index (χ1n) is 10.1. The van der Waals surface area contributed by atoms with Crippen molar-refractivity contribution in [3.8, 4) is 0 Å². The minimum atomic E-state index is 0.845. The second-order valence-corrected chi connectivity index (χ2v) is 7.09. The van der Waals surface area contributed by atoms with E-state index in [0.29, 0.717) is 0 Å². The molecule has 7 nitrogen and oxygen atoms in total. The summed E-state index contributed by atoms with van der Waals surface area (Å²) in [4.78, 5) is 11.6. The van der Waals surface area contributed by atoms with Crippen LogP contribution in [0.4, 0.5) is 5.69 Å². The van der Waals surface area contributed by atoms with Crippen molar-refractivity contribution in [3.63, 3.8) is 0 Å². The maximum Gasteiger partial charge on any atom is 0.193 e.